The maximum Gasteiger partial charge on any atom is 0.418 e. The molecule has 0 heterocycles. The Morgan fingerprint density at radius 1 is 1.00 bits per heavy atom. The van der Waals surface area contributed by atoms with E-state index in [-0.39, 0.29) is 12.1 Å². The van der Waals surface area contributed by atoms with Gasteiger partial charge in [0.05, 0.1) is 11.3 Å². The van der Waals surface area contributed by atoms with Crippen LogP contribution in [0.2, 0.25) is 0 Å². The molecule has 0 fully saturated rings. The van der Waals surface area contributed by atoms with E-state index in [0.29, 0.717) is 5.75 Å². The van der Waals surface area contributed by atoms with Crippen molar-refractivity contribution in [2.24, 2.45) is 0 Å². The van der Waals surface area contributed by atoms with E-state index in [2.05, 4.69) is 5.32 Å². The van der Waals surface area contributed by atoms with Crippen LogP contribution in [0.5, 0.6) is 0 Å². The van der Waals surface area contributed by atoms with E-state index in [9.17, 15) is 18.0 Å². The predicted molar refractivity (Wildman–Crippen MR) is 87.3 cm³/mol. The van der Waals surface area contributed by atoms with Crippen LogP contribution in [0.3, 0.4) is 0 Å². The van der Waals surface area contributed by atoms with E-state index in [4.69, 9.17) is 0 Å². The van der Waals surface area contributed by atoms with Gasteiger partial charge in [-0.05, 0) is 17.7 Å². The number of thioether (sulfide) groups is 1. The average Bonchev–Trinajstić information content (AvgIpc) is 2.52. The second kappa shape index (κ2) is 8.06. The minimum absolute atomic E-state index is 0.170. The Morgan fingerprint density at radius 3 is 2.35 bits per heavy atom. The molecule has 0 spiro atoms. The van der Waals surface area contributed by atoms with Crippen molar-refractivity contribution in [3.8, 4) is 0 Å². The summed E-state index contributed by atoms with van der Waals surface area (Å²) in [5, 5.41) is 2.34. The highest BCUT2D eigenvalue weighted by molar-refractivity contribution is 7.98. The lowest BCUT2D eigenvalue weighted by molar-refractivity contribution is -0.137. The fourth-order valence-electron chi connectivity index (χ4n) is 1.98. The van der Waals surface area contributed by atoms with Crippen molar-refractivity contribution in [2.45, 2.75) is 18.3 Å². The summed E-state index contributed by atoms with van der Waals surface area (Å²) in [5.74, 6) is 0.907. The normalized spacial score (nSPS) is 11.3. The lowest BCUT2D eigenvalue weighted by Crippen LogP contribution is -2.16. The zero-order valence-corrected chi connectivity index (χ0v) is 13.1. The molecule has 6 heteroatoms. The minimum Gasteiger partial charge on any atom is -0.325 e. The number of rotatable bonds is 6. The number of anilines is 1. The van der Waals surface area contributed by atoms with Gasteiger partial charge in [0, 0.05) is 17.9 Å². The Hall–Kier alpha value is -1.95. The second-order valence-corrected chi connectivity index (χ2v) is 5.98. The number of alkyl halides is 3. The summed E-state index contributed by atoms with van der Waals surface area (Å²) in [5.41, 5.74) is 0.128. The van der Waals surface area contributed by atoms with Gasteiger partial charge < -0.3 is 5.32 Å². The standard InChI is InChI=1S/C17H16F3NOS/c18-17(19,20)14-8-4-5-9-15(14)21-16(22)10-11-23-12-13-6-2-1-3-7-13/h1-9H,10-12H2,(H,21,22). The number of carbonyl (C=O) groups excluding carboxylic acids is 1. The van der Waals surface area contributed by atoms with Crippen LogP contribution in [-0.2, 0) is 16.7 Å². The van der Waals surface area contributed by atoms with E-state index in [1.54, 1.807) is 11.8 Å². The predicted octanol–water partition coefficient (Wildman–Crippen LogP) is 4.97. The van der Waals surface area contributed by atoms with Crippen LogP contribution >= 0.6 is 11.8 Å². The van der Waals surface area contributed by atoms with Gasteiger partial charge >= 0.3 is 6.18 Å². The van der Waals surface area contributed by atoms with E-state index >= 15 is 0 Å². The maximum atomic E-state index is 12.8. The molecule has 1 amide bonds. The van der Waals surface area contributed by atoms with Gasteiger partial charge in [0.25, 0.3) is 0 Å². The highest BCUT2D eigenvalue weighted by atomic mass is 32.2. The van der Waals surface area contributed by atoms with Crippen LogP contribution in [0.1, 0.15) is 17.5 Å². The van der Waals surface area contributed by atoms with Gasteiger partial charge in [-0.3, -0.25) is 4.79 Å². The highest BCUT2D eigenvalue weighted by Crippen LogP contribution is 2.34. The zero-order chi connectivity index (χ0) is 16.7. The van der Waals surface area contributed by atoms with Crippen molar-refractivity contribution in [1.29, 1.82) is 0 Å². The summed E-state index contributed by atoms with van der Waals surface area (Å²) in [6.45, 7) is 0. The number of nitrogens with one attached hydrogen (secondary N) is 1. The average molecular weight is 339 g/mol. The first-order valence-corrected chi connectivity index (χ1v) is 8.20. The smallest absolute Gasteiger partial charge is 0.325 e. The van der Waals surface area contributed by atoms with Crippen molar-refractivity contribution in [2.75, 3.05) is 11.1 Å². The molecule has 1 N–H and O–H groups in total. The lowest BCUT2D eigenvalue weighted by atomic mass is 10.1. The molecule has 0 saturated carbocycles. The van der Waals surface area contributed by atoms with Gasteiger partial charge in [0.2, 0.25) is 5.91 Å². The molecular weight excluding hydrogens is 323 g/mol. The second-order valence-electron chi connectivity index (χ2n) is 4.88. The molecule has 0 aliphatic heterocycles. The number of carbonyl (C=O) groups is 1. The number of halogens is 3. The van der Waals surface area contributed by atoms with Crippen molar-refractivity contribution in [1.82, 2.24) is 0 Å². The molecule has 2 rings (SSSR count). The van der Waals surface area contributed by atoms with Crippen LogP contribution < -0.4 is 5.32 Å². The Morgan fingerprint density at radius 2 is 1.65 bits per heavy atom. The first-order valence-electron chi connectivity index (χ1n) is 7.04. The Kier molecular flexibility index (Phi) is 6.10. The molecule has 0 radical (unpaired) electrons. The maximum absolute atomic E-state index is 12.8. The summed E-state index contributed by atoms with van der Waals surface area (Å²) < 4.78 is 38.5. The summed E-state index contributed by atoms with van der Waals surface area (Å²) >= 11 is 1.57. The molecule has 23 heavy (non-hydrogen) atoms. The molecule has 0 saturated heterocycles. The third kappa shape index (κ3) is 5.63. The van der Waals surface area contributed by atoms with Gasteiger partial charge in [-0.25, -0.2) is 0 Å². The van der Waals surface area contributed by atoms with Crippen LogP contribution in [0, 0.1) is 0 Å². The zero-order valence-electron chi connectivity index (χ0n) is 12.3. The summed E-state index contributed by atoms with van der Waals surface area (Å²) in [6.07, 6.45) is -4.31. The van der Waals surface area contributed by atoms with Crippen molar-refractivity contribution < 1.29 is 18.0 Å². The van der Waals surface area contributed by atoms with Gasteiger partial charge in [-0.15, -0.1) is 0 Å². The molecule has 0 aliphatic carbocycles. The molecule has 0 aromatic heterocycles. The number of hydrogen-bond acceptors (Lipinski definition) is 2. The topological polar surface area (TPSA) is 29.1 Å². The van der Waals surface area contributed by atoms with Gasteiger partial charge in [-0.1, -0.05) is 42.5 Å². The largest absolute Gasteiger partial charge is 0.418 e. The first-order chi connectivity index (χ1) is 11.0. The van der Waals surface area contributed by atoms with Crippen molar-refractivity contribution in [3.05, 3.63) is 65.7 Å². The van der Waals surface area contributed by atoms with E-state index in [1.807, 2.05) is 30.3 Å². The quantitative estimate of drug-likeness (QED) is 0.753. The Bertz CT molecular complexity index is 644. The molecular formula is C17H16F3NOS. The number of hydrogen-bond donors (Lipinski definition) is 1. The summed E-state index contributed by atoms with van der Waals surface area (Å²) in [7, 11) is 0. The van der Waals surface area contributed by atoms with Crippen molar-refractivity contribution in [3.63, 3.8) is 0 Å². The van der Waals surface area contributed by atoms with Crippen molar-refractivity contribution >= 4 is 23.4 Å². The third-order valence-electron chi connectivity index (χ3n) is 3.09. The van der Waals surface area contributed by atoms with E-state index in [0.717, 1.165) is 17.4 Å². The van der Waals surface area contributed by atoms with E-state index < -0.39 is 17.6 Å². The number of benzene rings is 2. The summed E-state index contributed by atoms with van der Waals surface area (Å²) in [4.78, 5) is 11.8. The molecule has 2 aromatic carbocycles. The fourth-order valence-corrected chi connectivity index (χ4v) is 2.88. The van der Waals surface area contributed by atoms with Crippen LogP contribution in [0.25, 0.3) is 0 Å². The first kappa shape index (κ1) is 17.4. The third-order valence-corrected chi connectivity index (χ3v) is 4.12. The Balaban J connectivity index is 1.81. The van der Waals surface area contributed by atoms with Crippen LogP contribution in [0.4, 0.5) is 18.9 Å². The molecule has 122 valence electrons. The number of amides is 1. The highest BCUT2D eigenvalue weighted by Gasteiger charge is 2.33. The lowest BCUT2D eigenvalue weighted by Gasteiger charge is -2.13. The molecule has 0 atom stereocenters. The van der Waals surface area contributed by atoms with Gasteiger partial charge in [0.1, 0.15) is 0 Å². The molecule has 2 aromatic rings. The van der Waals surface area contributed by atoms with Gasteiger partial charge in [-0.2, -0.15) is 24.9 Å². The van der Waals surface area contributed by atoms with E-state index in [1.165, 1.54) is 18.2 Å². The monoisotopic (exact) mass is 339 g/mol. The SMILES string of the molecule is O=C(CCSCc1ccccc1)Nc1ccccc1C(F)(F)F. The van der Waals surface area contributed by atoms with Crippen LogP contribution in [0.15, 0.2) is 54.6 Å². The number of para-hydroxylation sites is 1. The Labute approximate surface area is 137 Å². The minimum atomic E-state index is -4.48. The van der Waals surface area contributed by atoms with Crippen LogP contribution in [-0.4, -0.2) is 11.7 Å². The molecule has 0 unspecified atom stereocenters. The molecule has 2 nitrogen and oxygen atoms in total. The van der Waals surface area contributed by atoms with Gasteiger partial charge in [0.15, 0.2) is 0 Å². The fraction of sp³-hybridized carbons (Fsp3) is 0.235. The molecule has 0 bridgehead atoms. The molecule has 0 aliphatic rings. The summed E-state index contributed by atoms with van der Waals surface area (Å²) in [6, 6.07) is 14.8.